The summed E-state index contributed by atoms with van der Waals surface area (Å²) in [5.74, 6) is -1.71. The maximum Gasteiger partial charge on any atom is 0.341 e. The number of nitro groups is 1. The molecule has 0 saturated carbocycles. The number of hydrogen-bond acceptors (Lipinski definition) is 4. The molecule has 0 fully saturated rings. The molecule has 0 unspecified atom stereocenters. The molecule has 0 amide bonds. The van der Waals surface area contributed by atoms with Crippen LogP contribution in [0.3, 0.4) is 0 Å². The van der Waals surface area contributed by atoms with Gasteiger partial charge in [-0.2, -0.15) is 0 Å². The van der Waals surface area contributed by atoms with Gasteiger partial charge in [0.25, 0.3) is 5.69 Å². The Kier molecular flexibility index (Phi) is 3.55. The molecule has 0 radical (unpaired) electrons. The fourth-order valence-electron chi connectivity index (χ4n) is 1.32. The van der Waals surface area contributed by atoms with Crippen LogP contribution in [-0.2, 0) is 4.74 Å². The van der Waals surface area contributed by atoms with E-state index in [2.05, 4.69) is 4.74 Å². The topological polar surface area (TPSA) is 69.4 Å². The van der Waals surface area contributed by atoms with Crippen LogP contribution in [0.15, 0.2) is 12.1 Å². The van der Waals surface area contributed by atoms with Crippen molar-refractivity contribution in [2.45, 2.75) is 13.8 Å². The zero-order valence-corrected chi connectivity index (χ0v) is 8.82. The first-order valence-electron chi connectivity index (χ1n) is 4.59. The molecule has 0 atom stereocenters. The molecule has 0 aliphatic rings. The summed E-state index contributed by atoms with van der Waals surface area (Å²) in [7, 11) is 0. The summed E-state index contributed by atoms with van der Waals surface area (Å²) >= 11 is 0. The second kappa shape index (κ2) is 4.69. The van der Waals surface area contributed by atoms with Gasteiger partial charge in [-0.3, -0.25) is 10.1 Å². The van der Waals surface area contributed by atoms with Gasteiger partial charge in [0.05, 0.1) is 11.5 Å². The van der Waals surface area contributed by atoms with Crippen LogP contribution in [0.2, 0.25) is 0 Å². The van der Waals surface area contributed by atoms with Crippen LogP contribution in [0, 0.1) is 22.9 Å². The number of ether oxygens (including phenoxy) is 1. The standard InChI is InChI=1S/C10H10FNO4/c1-3-16-10(13)9-6(2)8(12(14)15)5-4-7(9)11/h4-5H,3H2,1-2H3. The van der Waals surface area contributed by atoms with E-state index in [1.807, 2.05) is 0 Å². The Labute approximate surface area is 91.0 Å². The van der Waals surface area contributed by atoms with Gasteiger partial charge >= 0.3 is 5.97 Å². The predicted octanol–water partition coefficient (Wildman–Crippen LogP) is 2.22. The summed E-state index contributed by atoms with van der Waals surface area (Å²) < 4.78 is 18.0. The van der Waals surface area contributed by atoms with Crippen LogP contribution in [0.25, 0.3) is 0 Å². The fourth-order valence-corrected chi connectivity index (χ4v) is 1.32. The van der Waals surface area contributed by atoms with Gasteiger partial charge in [-0.15, -0.1) is 0 Å². The van der Waals surface area contributed by atoms with Crippen LogP contribution in [0.4, 0.5) is 10.1 Å². The van der Waals surface area contributed by atoms with E-state index in [9.17, 15) is 19.3 Å². The van der Waals surface area contributed by atoms with Gasteiger partial charge in [-0.1, -0.05) is 0 Å². The summed E-state index contributed by atoms with van der Waals surface area (Å²) in [6, 6.07) is 1.91. The number of halogens is 1. The average molecular weight is 227 g/mol. The summed E-state index contributed by atoms with van der Waals surface area (Å²) in [5.41, 5.74) is -0.705. The third kappa shape index (κ3) is 2.16. The minimum atomic E-state index is -0.888. The van der Waals surface area contributed by atoms with Crippen LogP contribution in [-0.4, -0.2) is 17.5 Å². The molecule has 16 heavy (non-hydrogen) atoms. The number of esters is 1. The molecule has 1 aromatic carbocycles. The number of rotatable bonds is 3. The highest BCUT2D eigenvalue weighted by atomic mass is 19.1. The highest BCUT2D eigenvalue weighted by Crippen LogP contribution is 2.24. The molecule has 6 heteroatoms. The van der Waals surface area contributed by atoms with E-state index in [0.29, 0.717) is 0 Å². The quantitative estimate of drug-likeness (QED) is 0.451. The van der Waals surface area contributed by atoms with Crippen molar-refractivity contribution >= 4 is 11.7 Å². The van der Waals surface area contributed by atoms with Crippen molar-refractivity contribution in [2.24, 2.45) is 0 Å². The zero-order chi connectivity index (χ0) is 12.3. The normalized spacial score (nSPS) is 9.94. The molecule has 0 aromatic heterocycles. The monoisotopic (exact) mass is 227 g/mol. The first kappa shape index (κ1) is 12.1. The van der Waals surface area contributed by atoms with E-state index in [-0.39, 0.29) is 23.4 Å². The molecular weight excluding hydrogens is 217 g/mol. The Bertz CT molecular complexity index is 445. The molecule has 1 aromatic rings. The molecule has 0 aliphatic carbocycles. The van der Waals surface area contributed by atoms with Crippen molar-refractivity contribution in [3.63, 3.8) is 0 Å². The van der Waals surface area contributed by atoms with Crippen LogP contribution in [0.1, 0.15) is 22.8 Å². The Morgan fingerprint density at radius 2 is 2.19 bits per heavy atom. The maximum absolute atomic E-state index is 13.3. The van der Waals surface area contributed by atoms with E-state index < -0.39 is 16.7 Å². The minimum absolute atomic E-state index is 0.0246. The average Bonchev–Trinajstić information content (AvgIpc) is 2.17. The van der Waals surface area contributed by atoms with Gasteiger partial charge in [0, 0.05) is 11.6 Å². The number of nitrogens with zero attached hydrogens (tertiary/aromatic N) is 1. The fraction of sp³-hybridized carbons (Fsp3) is 0.300. The lowest BCUT2D eigenvalue weighted by Crippen LogP contribution is -2.10. The van der Waals surface area contributed by atoms with E-state index in [1.54, 1.807) is 6.92 Å². The van der Waals surface area contributed by atoms with Gasteiger partial charge in [-0.25, -0.2) is 9.18 Å². The van der Waals surface area contributed by atoms with Crippen molar-refractivity contribution in [3.8, 4) is 0 Å². The van der Waals surface area contributed by atoms with Gasteiger partial charge < -0.3 is 4.74 Å². The van der Waals surface area contributed by atoms with Crippen molar-refractivity contribution in [3.05, 3.63) is 39.2 Å². The Hall–Kier alpha value is -1.98. The van der Waals surface area contributed by atoms with Crippen molar-refractivity contribution < 1.29 is 18.8 Å². The van der Waals surface area contributed by atoms with E-state index in [4.69, 9.17) is 0 Å². The van der Waals surface area contributed by atoms with Crippen LogP contribution >= 0.6 is 0 Å². The lowest BCUT2D eigenvalue weighted by Gasteiger charge is -2.06. The highest BCUT2D eigenvalue weighted by molar-refractivity contribution is 5.92. The maximum atomic E-state index is 13.3. The number of benzene rings is 1. The van der Waals surface area contributed by atoms with Crippen LogP contribution in [0.5, 0.6) is 0 Å². The molecule has 0 bridgehead atoms. The molecule has 0 aliphatic heterocycles. The smallest absolute Gasteiger partial charge is 0.341 e. The van der Waals surface area contributed by atoms with E-state index in [0.717, 1.165) is 12.1 Å². The summed E-state index contributed by atoms with van der Waals surface area (Å²) in [6.45, 7) is 2.97. The molecule has 5 nitrogen and oxygen atoms in total. The Morgan fingerprint density at radius 3 is 2.69 bits per heavy atom. The molecular formula is C10H10FNO4. The van der Waals surface area contributed by atoms with E-state index in [1.165, 1.54) is 6.92 Å². The van der Waals surface area contributed by atoms with Gasteiger partial charge in [0.15, 0.2) is 0 Å². The summed E-state index contributed by atoms with van der Waals surface area (Å²) in [4.78, 5) is 21.3. The first-order valence-corrected chi connectivity index (χ1v) is 4.59. The largest absolute Gasteiger partial charge is 0.462 e. The summed E-state index contributed by atoms with van der Waals surface area (Å²) in [6.07, 6.45) is 0. The van der Waals surface area contributed by atoms with Crippen molar-refractivity contribution in [1.29, 1.82) is 0 Å². The number of nitro benzene ring substituents is 1. The molecule has 0 saturated heterocycles. The third-order valence-corrected chi connectivity index (χ3v) is 2.06. The Balaban J connectivity index is 3.31. The highest BCUT2D eigenvalue weighted by Gasteiger charge is 2.23. The minimum Gasteiger partial charge on any atom is -0.462 e. The lowest BCUT2D eigenvalue weighted by atomic mass is 10.1. The number of carbonyl (C=O) groups is 1. The Morgan fingerprint density at radius 1 is 1.56 bits per heavy atom. The van der Waals surface area contributed by atoms with E-state index >= 15 is 0 Å². The first-order chi connectivity index (χ1) is 7.49. The molecule has 0 N–H and O–H groups in total. The lowest BCUT2D eigenvalue weighted by molar-refractivity contribution is -0.385. The van der Waals surface area contributed by atoms with Gasteiger partial charge in [-0.05, 0) is 19.9 Å². The number of hydrogen-bond donors (Lipinski definition) is 0. The second-order valence-electron chi connectivity index (χ2n) is 3.04. The number of carbonyl (C=O) groups excluding carboxylic acids is 1. The molecule has 86 valence electrons. The third-order valence-electron chi connectivity index (χ3n) is 2.06. The van der Waals surface area contributed by atoms with Gasteiger partial charge in [0.2, 0.25) is 0 Å². The molecule has 0 spiro atoms. The van der Waals surface area contributed by atoms with Gasteiger partial charge in [0.1, 0.15) is 11.4 Å². The second-order valence-corrected chi connectivity index (χ2v) is 3.04. The van der Waals surface area contributed by atoms with Crippen LogP contribution < -0.4 is 0 Å². The molecule has 1 rings (SSSR count). The summed E-state index contributed by atoms with van der Waals surface area (Å²) in [5, 5.41) is 10.6. The predicted molar refractivity (Wildman–Crippen MR) is 53.7 cm³/mol. The van der Waals surface area contributed by atoms with Crippen molar-refractivity contribution in [1.82, 2.24) is 0 Å². The SMILES string of the molecule is CCOC(=O)c1c(F)ccc([N+](=O)[O-])c1C. The molecule has 0 heterocycles. The van der Waals surface area contributed by atoms with Crippen molar-refractivity contribution in [2.75, 3.05) is 6.61 Å². The zero-order valence-electron chi connectivity index (χ0n) is 8.82.